The average molecular weight is 375 g/mol. The molecule has 0 radical (unpaired) electrons. The molecule has 7 nitrogen and oxygen atoms in total. The molecule has 2 aromatic rings. The van der Waals surface area contributed by atoms with Crippen LogP contribution in [0.25, 0.3) is 0 Å². The number of rotatable bonds is 9. The van der Waals surface area contributed by atoms with Gasteiger partial charge >= 0.3 is 0 Å². The minimum Gasteiger partial charge on any atom is -0.355 e. The molecule has 140 valence electrons. The zero-order valence-electron chi connectivity index (χ0n) is 15.4. The number of nitrogens with one attached hydrogen (secondary N) is 2. The van der Waals surface area contributed by atoms with Crippen LogP contribution in [0.1, 0.15) is 33.2 Å². The number of aromatic nitrogens is 2. The molecule has 26 heavy (non-hydrogen) atoms. The van der Waals surface area contributed by atoms with Gasteiger partial charge in [0.05, 0.1) is 0 Å². The summed E-state index contributed by atoms with van der Waals surface area (Å²) in [5.74, 6) is -0.224. The molecule has 8 heteroatoms. The molecule has 0 unspecified atom stereocenters. The van der Waals surface area contributed by atoms with E-state index in [2.05, 4.69) is 20.8 Å². The third kappa shape index (κ3) is 6.53. The van der Waals surface area contributed by atoms with Gasteiger partial charge in [-0.2, -0.15) is 0 Å². The number of nitrogens with zero attached hydrogens (tertiary/aromatic N) is 3. The summed E-state index contributed by atoms with van der Waals surface area (Å²) in [5.41, 5.74) is 1.76. The van der Waals surface area contributed by atoms with Crippen molar-refractivity contribution in [2.45, 2.75) is 26.2 Å². The number of hydrogen-bond donors (Lipinski definition) is 2. The van der Waals surface area contributed by atoms with Gasteiger partial charge in [-0.05, 0) is 39.1 Å². The van der Waals surface area contributed by atoms with Crippen LogP contribution < -0.4 is 10.6 Å². The molecule has 1 aromatic carbocycles. The maximum Gasteiger partial charge on any atom is 0.286 e. The predicted octanol–water partition coefficient (Wildman–Crippen LogP) is 2.10. The molecule has 0 atom stereocenters. The van der Waals surface area contributed by atoms with E-state index in [4.69, 9.17) is 0 Å². The van der Waals surface area contributed by atoms with E-state index >= 15 is 0 Å². The Hall–Kier alpha value is -2.32. The van der Waals surface area contributed by atoms with Gasteiger partial charge in [0, 0.05) is 31.6 Å². The maximum absolute atomic E-state index is 12.3. The minimum absolute atomic E-state index is 0.0360. The number of anilines is 1. The smallest absolute Gasteiger partial charge is 0.286 e. The Kier molecular flexibility index (Phi) is 7.68. The quantitative estimate of drug-likeness (QED) is 0.701. The average Bonchev–Trinajstić information content (AvgIpc) is 3.05. The van der Waals surface area contributed by atoms with E-state index in [1.807, 2.05) is 50.2 Å². The number of carbonyl (C=O) groups excluding carboxylic acids is 2. The first-order valence-corrected chi connectivity index (χ1v) is 9.38. The summed E-state index contributed by atoms with van der Waals surface area (Å²) in [6.07, 6.45) is 1.76. The van der Waals surface area contributed by atoms with Crippen molar-refractivity contribution in [1.29, 1.82) is 0 Å². The Morgan fingerprint density at radius 2 is 1.96 bits per heavy atom. The number of benzene rings is 1. The number of aryl methyl sites for hydroxylation is 2. The first kappa shape index (κ1) is 20.0. The highest BCUT2D eigenvalue weighted by Crippen LogP contribution is 2.17. The van der Waals surface area contributed by atoms with Gasteiger partial charge < -0.3 is 15.5 Å². The van der Waals surface area contributed by atoms with Crippen LogP contribution in [0.5, 0.6) is 0 Å². The normalized spacial score (nSPS) is 10.8. The number of carbonyl (C=O) groups is 2. The molecule has 1 heterocycles. The van der Waals surface area contributed by atoms with Crippen molar-refractivity contribution in [2.75, 3.05) is 32.5 Å². The van der Waals surface area contributed by atoms with Gasteiger partial charge in [-0.3, -0.25) is 9.59 Å². The molecule has 0 saturated heterocycles. The van der Waals surface area contributed by atoms with Crippen LogP contribution in [-0.2, 0) is 11.2 Å². The lowest BCUT2D eigenvalue weighted by molar-refractivity contribution is -0.121. The number of hydrogen-bond acceptors (Lipinski definition) is 6. The third-order valence-electron chi connectivity index (χ3n) is 3.73. The van der Waals surface area contributed by atoms with Crippen molar-refractivity contribution < 1.29 is 9.59 Å². The van der Waals surface area contributed by atoms with E-state index in [0.29, 0.717) is 30.8 Å². The topological polar surface area (TPSA) is 87.2 Å². The first-order chi connectivity index (χ1) is 12.5. The van der Waals surface area contributed by atoms with Crippen molar-refractivity contribution in [2.24, 2.45) is 0 Å². The maximum atomic E-state index is 12.3. The molecule has 0 aliphatic rings. The largest absolute Gasteiger partial charge is 0.355 e. The zero-order chi connectivity index (χ0) is 18.9. The van der Waals surface area contributed by atoms with Crippen LogP contribution in [0.4, 0.5) is 5.69 Å². The highest BCUT2D eigenvalue weighted by molar-refractivity contribution is 7.13. The van der Waals surface area contributed by atoms with E-state index in [1.54, 1.807) is 0 Å². The standard InChI is InChI=1S/C18H25N5O2S/c1-13-7-4-5-8-14(13)20-17(25)18-22-21-16(26-18)10-6-9-15(24)19-11-12-23(2)3/h4-5,7-8H,6,9-12H2,1-3H3,(H,19,24)(H,20,25). The molecule has 2 rings (SSSR count). The van der Waals surface area contributed by atoms with E-state index < -0.39 is 0 Å². The van der Waals surface area contributed by atoms with Crippen LogP contribution in [-0.4, -0.2) is 54.1 Å². The van der Waals surface area contributed by atoms with Crippen LogP contribution in [0.2, 0.25) is 0 Å². The van der Waals surface area contributed by atoms with E-state index in [0.717, 1.165) is 22.8 Å². The number of para-hydroxylation sites is 1. The molecule has 2 N–H and O–H groups in total. The van der Waals surface area contributed by atoms with Gasteiger partial charge in [-0.1, -0.05) is 29.5 Å². The molecule has 2 amide bonds. The molecule has 0 fully saturated rings. The summed E-state index contributed by atoms with van der Waals surface area (Å²) < 4.78 is 0. The number of amides is 2. The van der Waals surface area contributed by atoms with Crippen LogP contribution in [0, 0.1) is 6.92 Å². The number of likely N-dealkylation sites (N-methyl/N-ethyl adjacent to an activating group) is 1. The molecular formula is C18H25N5O2S. The highest BCUT2D eigenvalue weighted by atomic mass is 32.1. The van der Waals surface area contributed by atoms with Crippen LogP contribution in [0.3, 0.4) is 0 Å². The van der Waals surface area contributed by atoms with Crippen molar-refractivity contribution in [3.63, 3.8) is 0 Å². The van der Waals surface area contributed by atoms with E-state index in [-0.39, 0.29) is 11.8 Å². The fourth-order valence-corrected chi connectivity index (χ4v) is 3.02. The second kappa shape index (κ2) is 9.98. The van der Waals surface area contributed by atoms with Gasteiger partial charge in [0.1, 0.15) is 5.01 Å². The lowest BCUT2D eigenvalue weighted by Gasteiger charge is -2.10. The van der Waals surface area contributed by atoms with Gasteiger partial charge in [0.15, 0.2) is 0 Å². The summed E-state index contributed by atoms with van der Waals surface area (Å²) in [7, 11) is 3.93. The highest BCUT2D eigenvalue weighted by Gasteiger charge is 2.14. The van der Waals surface area contributed by atoms with Crippen LogP contribution >= 0.6 is 11.3 Å². The van der Waals surface area contributed by atoms with Gasteiger partial charge in [0.25, 0.3) is 5.91 Å². The fraction of sp³-hybridized carbons (Fsp3) is 0.444. The van der Waals surface area contributed by atoms with E-state index in [9.17, 15) is 9.59 Å². The molecule has 1 aromatic heterocycles. The van der Waals surface area contributed by atoms with E-state index in [1.165, 1.54) is 11.3 Å². The lowest BCUT2D eigenvalue weighted by Crippen LogP contribution is -2.31. The van der Waals surface area contributed by atoms with Crippen molar-refractivity contribution >= 4 is 28.8 Å². The second-order valence-corrected chi connectivity index (χ2v) is 7.34. The Morgan fingerprint density at radius 1 is 1.19 bits per heavy atom. The predicted molar refractivity (Wildman–Crippen MR) is 104 cm³/mol. The summed E-state index contributed by atoms with van der Waals surface area (Å²) in [6, 6.07) is 7.58. The molecular weight excluding hydrogens is 350 g/mol. The molecule has 0 spiro atoms. The Labute approximate surface area is 157 Å². The lowest BCUT2D eigenvalue weighted by atomic mass is 10.2. The van der Waals surface area contributed by atoms with Crippen molar-refractivity contribution in [3.8, 4) is 0 Å². The molecule has 0 aliphatic carbocycles. The zero-order valence-corrected chi connectivity index (χ0v) is 16.2. The second-order valence-electron chi connectivity index (χ2n) is 6.28. The van der Waals surface area contributed by atoms with Gasteiger partial charge in [-0.25, -0.2) is 0 Å². The van der Waals surface area contributed by atoms with Gasteiger partial charge in [0.2, 0.25) is 10.9 Å². The summed E-state index contributed by atoms with van der Waals surface area (Å²) in [4.78, 5) is 26.0. The molecule has 0 bridgehead atoms. The summed E-state index contributed by atoms with van der Waals surface area (Å²) in [5, 5.41) is 14.8. The molecule has 0 aliphatic heterocycles. The fourth-order valence-electron chi connectivity index (χ4n) is 2.24. The molecule has 0 saturated carbocycles. The Bertz CT molecular complexity index is 745. The SMILES string of the molecule is Cc1ccccc1NC(=O)c1nnc(CCCC(=O)NCCN(C)C)s1. The van der Waals surface area contributed by atoms with Gasteiger partial charge in [-0.15, -0.1) is 10.2 Å². The monoisotopic (exact) mass is 375 g/mol. The minimum atomic E-state index is -0.260. The Balaban J connectivity index is 1.76. The third-order valence-corrected chi connectivity index (χ3v) is 4.71. The Morgan fingerprint density at radius 3 is 2.69 bits per heavy atom. The summed E-state index contributed by atoms with van der Waals surface area (Å²) >= 11 is 1.27. The van der Waals surface area contributed by atoms with Crippen LogP contribution in [0.15, 0.2) is 24.3 Å². The van der Waals surface area contributed by atoms with Crippen molar-refractivity contribution in [1.82, 2.24) is 20.4 Å². The first-order valence-electron chi connectivity index (χ1n) is 8.56. The summed E-state index contributed by atoms with van der Waals surface area (Å²) in [6.45, 7) is 3.40. The van der Waals surface area contributed by atoms with Crippen molar-refractivity contribution in [3.05, 3.63) is 39.8 Å².